The summed E-state index contributed by atoms with van der Waals surface area (Å²) in [5, 5.41) is 9.53. The fourth-order valence-electron chi connectivity index (χ4n) is 3.17. The molecule has 0 aromatic carbocycles. The molecule has 4 heterocycles. The molecule has 4 rings (SSSR count). The Balaban J connectivity index is 1.80. The molecule has 2 aromatic heterocycles. The van der Waals surface area contributed by atoms with Crippen LogP contribution >= 0.6 is 0 Å². The number of anilines is 1. The van der Waals surface area contributed by atoms with Gasteiger partial charge in [-0.25, -0.2) is 9.20 Å². The summed E-state index contributed by atoms with van der Waals surface area (Å²) in [6.07, 6.45) is 1.19. The van der Waals surface area contributed by atoms with Crippen LogP contribution in [-0.4, -0.2) is 54.7 Å². The fraction of sp³-hybridized carbons (Fsp3) is 0.615. The number of aliphatic hydroxyl groups is 1. The number of aliphatic hydroxyl groups excluding tert-OH is 1. The summed E-state index contributed by atoms with van der Waals surface area (Å²) in [6, 6.07) is 0. The molecule has 4 unspecified atom stereocenters. The zero-order valence-electron chi connectivity index (χ0n) is 12.6. The summed E-state index contributed by atoms with van der Waals surface area (Å²) in [6.45, 7) is 3.40. The summed E-state index contributed by atoms with van der Waals surface area (Å²) in [5.41, 5.74) is 5.04. The van der Waals surface area contributed by atoms with E-state index in [2.05, 4.69) is 9.97 Å². The second-order valence-corrected chi connectivity index (χ2v) is 6.05. The molecule has 0 aliphatic carbocycles. The molecule has 23 heavy (non-hydrogen) atoms. The number of nitrogen functional groups attached to an aromatic ring is 1. The van der Waals surface area contributed by atoms with Crippen molar-refractivity contribution in [1.82, 2.24) is 18.9 Å². The Labute approximate surface area is 130 Å². The molecule has 3 N–H and O–H groups in total. The van der Waals surface area contributed by atoms with E-state index in [1.54, 1.807) is 24.6 Å². The molecule has 0 saturated carbocycles. The van der Waals surface area contributed by atoms with Crippen LogP contribution in [0.15, 0.2) is 17.2 Å². The number of nitrogens with two attached hydrogens (primary N) is 1. The van der Waals surface area contributed by atoms with Crippen molar-refractivity contribution in [2.75, 3.05) is 12.3 Å². The van der Waals surface area contributed by atoms with Crippen LogP contribution in [0.4, 0.5) is 5.95 Å². The van der Waals surface area contributed by atoms with Crippen molar-refractivity contribution in [2.24, 2.45) is 0 Å². The van der Waals surface area contributed by atoms with Gasteiger partial charge in [-0.3, -0.25) is 4.57 Å². The van der Waals surface area contributed by atoms with E-state index in [0.717, 1.165) is 0 Å². The van der Waals surface area contributed by atoms with E-state index in [1.807, 2.05) is 0 Å². The van der Waals surface area contributed by atoms with Gasteiger partial charge in [-0.15, -0.1) is 0 Å². The third kappa shape index (κ3) is 2.14. The molecular weight excluding hydrogens is 306 g/mol. The Bertz CT molecular complexity index is 815. The molecule has 0 amide bonds. The fourth-order valence-corrected chi connectivity index (χ4v) is 3.17. The van der Waals surface area contributed by atoms with Gasteiger partial charge in [0, 0.05) is 12.4 Å². The molecular formula is C13H17N5O5. The molecule has 2 aliphatic heterocycles. The molecule has 2 fully saturated rings. The quantitative estimate of drug-likeness (QED) is 0.712. The van der Waals surface area contributed by atoms with E-state index in [9.17, 15) is 9.90 Å². The maximum Gasteiger partial charge on any atom is 0.357 e. The summed E-state index contributed by atoms with van der Waals surface area (Å²) in [7, 11) is 0. The highest BCUT2D eigenvalue weighted by Crippen LogP contribution is 2.43. The highest BCUT2D eigenvalue weighted by atomic mass is 16.8. The number of rotatable bonds is 2. The number of imidazole rings is 1. The topological polar surface area (TPSA) is 126 Å². The molecule has 4 atom stereocenters. The van der Waals surface area contributed by atoms with Crippen molar-refractivity contribution in [3.63, 3.8) is 0 Å². The molecule has 10 heteroatoms. The van der Waals surface area contributed by atoms with Crippen molar-refractivity contribution >= 4 is 11.7 Å². The summed E-state index contributed by atoms with van der Waals surface area (Å²) in [5.74, 6) is -0.608. The van der Waals surface area contributed by atoms with Crippen LogP contribution in [0.2, 0.25) is 0 Å². The van der Waals surface area contributed by atoms with Crippen molar-refractivity contribution in [2.45, 2.75) is 44.2 Å². The van der Waals surface area contributed by atoms with Gasteiger partial charge in [0.2, 0.25) is 11.7 Å². The predicted molar refractivity (Wildman–Crippen MR) is 76.5 cm³/mol. The normalized spacial score (nSPS) is 32.5. The number of nitrogens with zero attached hydrogens (tertiary/aromatic N) is 4. The van der Waals surface area contributed by atoms with Crippen LogP contribution in [0.5, 0.6) is 0 Å². The number of hydrogen-bond acceptors (Lipinski definition) is 8. The first kappa shape index (κ1) is 14.6. The SMILES string of the molecule is CC1(C)OC2C(CO)OC(n3ccn4c(=O)nc(N)nc34)C2O1. The lowest BCUT2D eigenvalue weighted by Crippen LogP contribution is -2.31. The van der Waals surface area contributed by atoms with Gasteiger partial charge < -0.3 is 25.1 Å². The standard InChI is InChI=1S/C13H17N5O5/c1-13(2)22-7-6(5-19)21-9(8(7)23-13)17-3-4-18-11(17)15-10(14)16-12(18)20/h3-4,6-9,19H,5H2,1-2H3,(H2,14,16,20). The van der Waals surface area contributed by atoms with Gasteiger partial charge in [0.15, 0.2) is 12.0 Å². The second kappa shape index (κ2) is 4.74. The smallest absolute Gasteiger partial charge is 0.357 e. The lowest BCUT2D eigenvalue weighted by molar-refractivity contribution is -0.199. The first-order valence-electron chi connectivity index (χ1n) is 7.24. The first-order chi connectivity index (χ1) is 10.9. The lowest BCUT2D eigenvalue weighted by Gasteiger charge is -2.24. The molecule has 0 spiro atoms. The molecule has 124 valence electrons. The van der Waals surface area contributed by atoms with Crippen molar-refractivity contribution in [1.29, 1.82) is 0 Å². The van der Waals surface area contributed by atoms with Crippen LogP contribution in [0.3, 0.4) is 0 Å². The molecule has 2 saturated heterocycles. The van der Waals surface area contributed by atoms with Crippen LogP contribution in [0.1, 0.15) is 20.1 Å². The van der Waals surface area contributed by atoms with Gasteiger partial charge in [0.25, 0.3) is 0 Å². The van der Waals surface area contributed by atoms with Gasteiger partial charge >= 0.3 is 5.69 Å². The maximum absolute atomic E-state index is 11.9. The minimum Gasteiger partial charge on any atom is -0.394 e. The van der Waals surface area contributed by atoms with Crippen LogP contribution in [-0.2, 0) is 14.2 Å². The van der Waals surface area contributed by atoms with Crippen LogP contribution in [0.25, 0.3) is 5.78 Å². The van der Waals surface area contributed by atoms with E-state index in [-0.39, 0.29) is 18.3 Å². The molecule has 2 aliphatic rings. The van der Waals surface area contributed by atoms with Crippen molar-refractivity contribution in [3.05, 3.63) is 22.9 Å². The van der Waals surface area contributed by atoms with E-state index in [0.29, 0.717) is 0 Å². The molecule has 10 nitrogen and oxygen atoms in total. The monoisotopic (exact) mass is 323 g/mol. The van der Waals surface area contributed by atoms with Gasteiger partial charge in [-0.05, 0) is 13.8 Å². The number of aromatic nitrogens is 4. The minimum absolute atomic E-state index is 0.118. The number of fused-ring (bicyclic) bond motifs is 2. The summed E-state index contributed by atoms with van der Waals surface area (Å²) >= 11 is 0. The molecule has 0 radical (unpaired) electrons. The zero-order valence-corrected chi connectivity index (χ0v) is 12.6. The van der Waals surface area contributed by atoms with E-state index in [4.69, 9.17) is 19.9 Å². The Morgan fingerprint density at radius 2 is 2.04 bits per heavy atom. The lowest BCUT2D eigenvalue weighted by atomic mass is 10.1. The Morgan fingerprint density at radius 1 is 1.30 bits per heavy atom. The third-order valence-corrected chi connectivity index (χ3v) is 4.03. The van der Waals surface area contributed by atoms with Crippen LogP contribution in [0, 0.1) is 0 Å². The molecule has 0 bridgehead atoms. The Hall–Kier alpha value is -2.01. The highest BCUT2D eigenvalue weighted by molar-refractivity contribution is 5.35. The van der Waals surface area contributed by atoms with Gasteiger partial charge in [-0.2, -0.15) is 9.97 Å². The predicted octanol–water partition coefficient (Wildman–Crippen LogP) is -1.12. The minimum atomic E-state index is -0.779. The van der Waals surface area contributed by atoms with Gasteiger partial charge in [-0.1, -0.05) is 0 Å². The average Bonchev–Trinajstić information content (AvgIpc) is 3.09. The third-order valence-electron chi connectivity index (χ3n) is 4.03. The van der Waals surface area contributed by atoms with E-state index < -0.39 is 36.0 Å². The summed E-state index contributed by atoms with van der Waals surface area (Å²) < 4.78 is 20.5. The van der Waals surface area contributed by atoms with Gasteiger partial charge in [0.05, 0.1) is 6.61 Å². The summed E-state index contributed by atoms with van der Waals surface area (Å²) in [4.78, 5) is 19.5. The highest BCUT2D eigenvalue weighted by Gasteiger charge is 2.55. The van der Waals surface area contributed by atoms with Gasteiger partial charge in [0.1, 0.15) is 18.3 Å². The maximum atomic E-state index is 11.9. The number of hydrogen-bond donors (Lipinski definition) is 2. The largest absolute Gasteiger partial charge is 0.394 e. The zero-order chi connectivity index (χ0) is 16.4. The Kier molecular flexibility index (Phi) is 3.00. The van der Waals surface area contributed by atoms with Crippen LogP contribution < -0.4 is 11.4 Å². The average molecular weight is 323 g/mol. The Morgan fingerprint density at radius 3 is 2.78 bits per heavy atom. The number of ether oxygens (including phenoxy) is 3. The van der Waals surface area contributed by atoms with E-state index in [1.165, 1.54) is 10.6 Å². The van der Waals surface area contributed by atoms with E-state index >= 15 is 0 Å². The molecule has 2 aromatic rings. The van der Waals surface area contributed by atoms with Crippen molar-refractivity contribution in [3.8, 4) is 0 Å². The first-order valence-corrected chi connectivity index (χ1v) is 7.24. The second-order valence-electron chi connectivity index (χ2n) is 6.05. The van der Waals surface area contributed by atoms with Crippen molar-refractivity contribution < 1.29 is 19.3 Å².